The van der Waals surface area contributed by atoms with Gasteiger partial charge < -0.3 is 9.73 Å². The molecule has 0 atom stereocenters. The predicted octanol–water partition coefficient (Wildman–Crippen LogP) is 6.83. The number of halogens is 1. The molecule has 4 nitrogen and oxygen atoms in total. The Kier molecular flexibility index (Phi) is 4.88. The molecule has 0 aliphatic rings. The van der Waals surface area contributed by atoms with Crippen LogP contribution in [0.1, 0.15) is 26.5 Å². The van der Waals surface area contributed by atoms with E-state index in [-0.39, 0.29) is 17.5 Å². The zero-order valence-electron chi connectivity index (χ0n) is 16.3. The number of para-hydroxylation sites is 1. The first kappa shape index (κ1) is 19.3. The Morgan fingerprint density at radius 3 is 2.23 bits per heavy atom. The molecule has 5 aromatic rings. The summed E-state index contributed by atoms with van der Waals surface area (Å²) in [6, 6.07) is 27.6. The van der Waals surface area contributed by atoms with Crippen LogP contribution in [0, 0.1) is 0 Å². The summed E-state index contributed by atoms with van der Waals surface area (Å²) in [7, 11) is 0. The second-order valence-electron chi connectivity index (χ2n) is 7.12. The number of fused-ring (bicyclic) bond motifs is 2. The molecule has 0 fully saturated rings. The average Bonchev–Trinajstić information content (AvgIpc) is 3.17. The van der Waals surface area contributed by atoms with E-state index in [9.17, 15) is 9.59 Å². The lowest BCUT2D eigenvalue weighted by atomic mass is 10.0. The second kappa shape index (κ2) is 7.85. The van der Waals surface area contributed by atoms with Gasteiger partial charge in [0.15, 0.2) is 5.76 Å². The van der Waals surface area contributed by atoms with Crippen molar-refractivity contribution < 1.29 is 14.0 Å². The maximum Gasteiger partial charge on any atom is 0.256 e. The van der Waals surface area contributed by atoms with Gasteiger partial charge in [0.2, 0.25) is 5.78 Å². The van der Waals surface area contributed by atoms with Crippen LogP contribution in [0.25, 0.3) is 21.7 Å². The zero-order chi connectivity index (χ0) is 21.4. The fourth-order valence-corrected chi connectivity index (χ4v) is 3.93. The van der Waals surface area contributed by atoms with E-state index in [1.807, 2.05) is 54.6 Å². The van der Waals surface area contributed by atoms with E-state index in [4.69, 9.17) is 4.42 Å². The van der Waals surface area contributed by atoms with Crippen molar-refractivity contribution in [3.05, 3.63) is 112 Å². The molecule has 0 saturated heterocycles. The molecule has 5 heteroatoms. The highest BCUT2D eigenvalue weighted by Gasteiger charge is 2.24. The minimum atomic E-state index is -0.298. The van der Waals surface area contributed by atoms with Gasteiger partial charge in [-0.05, 0) is 53.2 Å². The monoisotopic (exact) mass is 469 g/mol. The van der Waals surface area contributed by atoms with E-state index >= 15 is 0 Å². The molecule has 0 unspecified atom stereocenters. The third-order valence-electron chi connectivity index (χ3n) is 5.18. The largest absolute Gasteiger partial charge is 0.450 e. The predicted molar refractivity (Wildman–Crippen MR) is 126 cm³/mol. The summed E-state index contributed by atoms with van der Waals surface area (Å²) in [6.45, 7) is 0. The number of furan rings is 1. The second-order valence-corrected chi connectivity index (χ2v) is 8.03. The minimum Gasteiger partial charge on any atom is -0.450 e. The molecule has 1 N–H and O–H groups in total. The molecule has 5 rings (SSSR count). The lowest BCUT2D eigenvalue weighted by Crippen LogP contribution is -2.14. The van der Waals surface area contributed by atoms with Crippen molar-refractivity contribution in [2.24, 2.45) is 0 Å². The summed E-state index contributed by atoms with van der Waals surface area (Å²) in [5.41, 5.74) is 1.92. The molecule has 1 heterocycles. The molecule has 0 aliphatic carbocycles. The van der Waals surface area contributed by atoms with E-state index in [0.29, 0.717) is 27.8 Å². The lowest BCUT2D eigenvalue weighted by molar-refractivity contribution is 0.101. The lowest BCUT2D eigenvalue weighted by Gasteiger charge is -2.09. The third kappa shape index (κ3) is 3.53. The average molecular weight is 470 g/mol. The van der Waals surface area contributed by atoms with Crippen molar-refractivity contribution >= 4 is 55.0 Å². The summed E-state index contributed by atoms with van der Waals surface area (Å²) in [4.78, 5) is 26.5. The molecule has 1 aromatic heterocycles. The molecule has 4 aromatic carbocycles. The van der Waals surface area contributed by atoms with Gasteiger partial charge in [0, 0.05) is 21.0 Å². The number of carbonyl (C=O) groups is 2. The summed E-state index contributed by atoms with van der Waals surface area (Å²) in [6.07, 6.45) is 0. The number of nitrogens with one attached hydrogen (secondary N) is 1. The molecule has 0 spiro atoms. The van der Waals surface area contributed by atoms with Gasteiger partial charge >= 0.3 is 0 Å². The summed E-state index contributed by atoms with van der Waals surface area (Å²) < 4.78 is 6.77. The Morgan fingerprint density at radius 1 is 0.742 bits per heavy atom. The number of ketones is 1. The Hall–Kier alpha value is -3.70. The topological polar surface area (TPSA) is 59.3 Å². The number of anilines is 1. The first-order valence-corrected chi connectivity index (χ1v) is 10.5. The Morgan fingerprint density at radius 2 is 1.42 bits per heavy atom. The van der Waals surface area contributed by atoms with Gasteiger partial charge in [-0.25, -0.2) is 0 Å². The molecule has 0 bridgehead atoms. The normalized spacial score (nSPS) is 11.0. The summed E-state index contributed by atoms with van der Waals surface area (Å²) in [5.74, 6) is -0.484. The number of benzene rings is 4. The molecular formula is C26H16BrNO3. The summed E-state index contributed by atoms with van der Waals surface area (Å²) in [5, 5.41) is 5.43. The van der Waals surface area contributed by atoms with Crippen LogP contribution in [-0.4, -0.2) is 11.7 Å². The zero-order valence-corrected chi connectivity index (χ0v) is 17.8. The molecule has 1 amide bonds. The maximum absolute atomic E-state index is 13.3. The van der Waals surface area contributed by atoms with Gasteiger partial charge in [0.05, 0.1) is 5.69 Å². The number of hydrogen-bond acceptors (Lipinski definition) is 3. The van der Waals surface area contributed by atoms with E-state index < -0.39 is 0 Å². The first-order valence-electron chi connectivity index (χ1n) is 9.73. The van der Waals surface area contributed by atoms with Crippen LogP contribution in [-0.2, 0) is 0 Å². The Balaban J connectivity index is 1.60. The molecule has 0 aliphatic heterocycles. The van der Waals surface area contributed by atoms with Gasteiger partial charge in [-0.15, -0.1) is 0 Å². The van der Waals surface area contributed by atoms with E-state index in [0.717, 1.165) is 15.2 Å². The highest BCUT2D eigenvalue weighted by Crippen LogP contribution is 2.33. The van der Waals surface area contributed by atoms with Crippen LogP contribution in [0.2, 0.25) is 0 Å². The Bertz CT molecular complexity index is 1450. The van der Waals surface area contributed by atoms with Gasteiger partial charge in [-0.1, -0.05) is 64.5 Å². The van der Waals surface area contributed by atoms with Crippen molar-refractivity contribution in [1.29, 1.82) is 0 Å². The molecule has 31 heavy (non-hydrogen) atoms. The van der Waals surface area contributed by atoms with Gasteiger partial charge in [0.25, 0.3) is 5.91 Å². The van der Waals surface area contributed by atoms with Crippen LogP contribution < -0.4 is 5.32 Å². The van der Waals surface area contributed by atoms with E-state index in [1.165, 1.54) is 0 Å². The molecular weight excluding hydrogens is 454 g/mol. The van der Waals surface area contributed by atoms with Crippen molar-refractivity contribution in [2.45, 2.75) is 0 Å². The Labute approximate surface area is 186 Å². The van der Waals surface area contributed by atoms with Crippen LogP contribution in [0.4, 0.5) is 5.69 Å². The number of amides is 1. The summed E-state index contributed by atoms with van der Waals surface area (Å²) >= 11 is 3.38. The maximum atomic E-state index is 13.3. The van der Waals surface area contributed by atoms with Crippen LogP contribution in [0.15, 0.2) is 99.9 Å². The van der Waals surface area contributed by atoms with Crippen molar-refractivity contribution in [1.82, 2.24) is 0 Å². The standard InChI is InChI=1S/C26H16BrNO3/c27-18-14-12-17(13-15-18)24(29)25-23(21-9-3-4-11-22(21)31-25)28-26(30)20-10-5-7-16-6-1-2-8-19(16)20/h1-15H,(H,28,30). The number of hydrogen-bond donors (Lipinski definition) is 1. The van der Waals surface area contributed by atoms with Crippen LogP contribution in [0.5, 0.6) is 0 Å². The van der Waals surface area contributed by atoms with E-state index in [2.05, 4.69) is 21.2 Å². The van der Waals surface area contributed by atoms with Crippen molar-refractivity contribution in [2.75, 3.05) is 5.32 Å². The highest BCUT2D eigenvalue weighted by atomic mass is 79.9. The molecule has 0 radical (unpaired) electrons. The fraction of sp³-hybridized carbons (Fsp3) is 0. The quantitative estimate of drug-likeness (QED) is 0.293. The first-order chi connectivity index (χ1) is 15.1. The molecule has 150 valence electrons. The van der Waals surface area contributed by atoms with Crippen molar-refractivity contribution in [3.63, 3.8) is 0 Å². The third-order valence-corrected chi connectivity index (χ3v) is 5.71. The van der Waals surface area contributed by atoms with Crippen LogP contribution >= 0.6 is 15.9 Å². The highest BCUT2D eigenvalue weighted by molar-refractivity contribution is 9.10. The van der Waals surface area contributed by atoms with Crippen LogP contribution in [0.3, 0.4) is 0 Å². The van der Waals surface area contributed by atoms with E-state index in [1.54, 1.807) is 36.4 Å². The molecule has 0 saturated carbocycles. The SMILES string of the molecule is O=C(c1ccc(Br)cc1)c1oc2ccccc2c1NC(=O)c1cccc2ccccc12. The smallest absolute Gasteiger partial charge is 0.256 e. The minimum absolute atomic E-state index is 0.108. The van der Waals surface area contributed by atoms with Gasteiger partial charge in [-0.2, -0.15) is 0 Å². The number of rotatable bonds is 4. The van der Waals surface area contributed by atoms with Gasteiger partial charge in [-0.3, -0.25) is 9.59 Å². The number of carbonyl (C=O) groups excluding carboxylic acids is 2. The fourth-order valence-electron chi connectivity index (χ4n) is 3.67. The van der Waals surface area contributed by atoms with Gasteiger partial charge in [0.1, 0.15) is 5.58 Å². The van der Waals surface area contributed by atoms with Crippen molar-refractivity contribution in [3.8, 4) is 0 Å².